The van der Waals surface area contributed by atoms with E-state index in [1.807, 2.05) is 6.92 Å². The van der Waals surface area contributed by atoms with Gasteiger partial charge in [-0.05, 0) is 19.3 Å². The van der Waals surface area contributed by atoms with Crippen molar-refractivity contribution < 1.29 is 20.1 Å². The van der Waals surface area contributed by atoms with Crippen LogP contribution in [0.15, 0.2) is 0 Å². The van der Waals surface area contributed by atoms with Crippen LogP contribution in [0.5, 0.6) is 0 Å². The van der Waals surface area contributed by atoms with E-state index in [4.69, 9.17) is 9.84 Å². The molecule has 0 fully saturated rings. The summed E-state index contributed by atoms with van der Waals surface area (Å²) >= 11 is 0. The summed E-state index contributed by atoms with van der Waals surface area (Å²) in [6, 6.07) is 0. The smallest absolute Gasteiger partial charge is 0.154 e. The third-order valence-corrected chi connectivity index (χ3v) is 1.94. The molecule has 0 bridgehead atoms. The van der Waals surface area contributed by atoms with Crippen LogP contribution in [0.4, 0.5) is 0 Å². The molecule has 0 aromatic carbocycles. The molecule has 4 nitrogen and oxygen atoms in total. The van der Waals surface area contributed by atoms with Crippen molar-refractivity contribution in [2.24, 2.45) is 0 Å². The predicted molar refractivity (Wildman–Crippen MR) is 49.2 cm³/mol. The third kappa shape index (κ3) is 5.99. The average molecular weight is 192 g/mol. The van der Waals surface area contributed by atoms with Crippen molar-refractivity contribution in [1.29, 1.82) is 0 Å². The molecule has 0 aromatic heterocycles. The minimum Gasteiger partial charge on any atom is -0.390 e. The number of hydrogen-bond acceptors (Lipinski definition) is 4. The number of aliphatic hydroxyl groups excluding tert-OH is 3. The Morgan fingerprint density at radius 1 is 1.00 bits per heavy atom. The summed E-state index contributed by atoms with van der Waals surface area (Å²) < 4.78 is 4.94. The first kappa shape index (κ1) is 12.8. The molecular weight excluding hydrogens is 172 g/mol. The number of ether oxygens (including phenoxy) is 1. The van der Waals surface area contributed by atoms with Crippen LogP contribution in [0.3, 0.4) is 0 Å². The monoisotopic (exact) mass is 192 g/mol. The fraction of sp³-hybridized carbons (Fsp3) is 1.00. The SMILES string of the molecule is CCC(O)OCCC(O)C(O)CC. The summed E-state index contributed by atoms with van der Waals surface area (Å²) in [5.74, 6) is 0. The van der Waals surface area contributed by atoms with E-state index >= 15 is 0 Å². The van der Waals surface area contributed by atoms with Crippen molar-refractivity contribution in [2.45, 2.75) is 51.6 Å². The maximum atomic E-state index is 9.29. The van der Waals surface area contributed by atoms with Gasteiger partial charge in [-0.25, -0.2) is 0 Å². The average Bonchev–Trinajstić information content (AvgIpc) is 2.15. The molecule has 0 spiro atoms. The van der Waals surface area contributed by atoms with Crippen LogP contribution in [-0.4, -0.2) is 40.4 Å². The number of rotatable bonds is 7. The van der Waals surface area contributed by atoms with Gasteiger partial charge in [0.15, 0.2) is 6.29 Å². The minimum atomic E-state index is -0.758. The first-order chi connectivity index (χ1) is 6.11. The van der Waals surface area contributed by atoms with Crippen LogP contribution < -0.4 is 0 Å². The highest BCUT2D eigenvalue weighted by Crippen LogP contribution is 2.04. The first-order valence-electron chi connectivity index (χ1n) is 4.77. The van der Waals surface area contributed by atoms with Gasteiger partial charge in [0.05, 0.1) is 18.8 Å². The molecule has 3 N–H and O–H groups in total. The van der Waals surface area contributed by atoms with Gasteiger partial charge in [0, 0.05) is 0 Å². The van der Waals surface area contributed by atoms with E-state index in [0.717, 1.165) is 0 Å². The van der Waals surface area contributed by atoms with Crippen molar-refractivity contribution in [2.75, 3.05) is 6.61 Å². The van der Waals surface area contributed by atoms with E-state index in [-0.39, 0.29) is 6.61 Å². The molecule has 0 aromatic rings. The van der Waals surface area contributed by atoms with Gasteiger partial charge in [0.2, 0.25) is 0 Å². The minimum absolute atomic E-state index is 0.271. The second-order valence-corrected chi connectivity index (χ2v) is 3.07. The van der Waals surface area contributed by atoms with Gasteiger partial charge in [-0.3, -0.25) is 0 Å². The Balaban J connectivity index is 3.41. The van der Waals surface area contributed by atoms with Crippen molar-refractivity contribution in [3.8, 4) is 0 Å². The van der Waals surface area contributed by atoms with Crippen LogP contribution in [-0.2, 0) is 4.74 Å². The Morgan fingerprint density at radius 2 is 1.62 bits per heavy atom. The second-order valence-electron chi connectivity index (χ2n) is 3.07. The molecule has 3 unspecified atom stereocenters. The maximum absolute atomic E-state index is 9.29. The fourth-order valence-electron chi connectivity index (χ4n) is 0.907. The Kier molecular flexibility index (Phi) is 7.17. The lowest BCUT2D eigenvalue weighted by molar-refractivity contribution is -0.111. The standard InChI is InChI=1S/C9H20O4/c1-3-7(10)8(11)5-6-13-9(12)4-2/h7-12H,3-6H2,1-2H3. The lowest BCUT2D eigenvalue weighted by atomic mass is 10.1. The summed E-state index contributed by atoms with van der Waals surface area (Å²) in [6.45, 7) is 3.88. The van der Waals surface area contributed by atoms with Gasteiger partial charge in [0.1, 0.15) is 0 Å². The Bertz CT molecular complexity index is 118. The van der Waals surface area contributed by atoms with Gasteiger partial charge >= 0.3 is 0 Å². The summed E-state index contributed by atoms with van der Waals surface area (Å²) in [4.78, 5) is 0. The molecule has 0 rings (SSSR count). The normalized spacial score (nSPS) is 18.2. The molecular formula is C9H20O4. The van der Waals surface area contributed by atoms with E-state index in [9.17, 15) is 10.2 Å². The molecule has 0 saturated heterocycles. The number of aliphatic hydroxyl groups is 3. The molecule has 0 radical (unpaired) electrons. The van der Waals surface area contributed by atoms with Crippen LogP contribution >= 0.6 is 0 Å². The van der Waals surface area contributed by atoms with Gasteiger partial charge in [-0.15, -0.1) is 0 Å². The molecule has 4 heteroatoms. The van der Waals surface area contributed by atoms with E-state index in [0.29, 0.717) is 19.3 Å². The largest absolute Gasteiger partial charge is 0.390 e. The van der Waals surface area contributed by atoms with Gasteiger partial charge in [0.25, 0.3) is 0 Å². The Hall–Kier alpha value is -0.160. The van der Waals surface area contributed by atoms with E-state index in [1.54, 1.807) is 6.92 Å². The molecule has 0 aliphatic heterocycles. The molecule has 13 heavy (non-hydrogen) atoms. The summed E-state index contributed by atoms with van der Waals surface area (Å²) in [5, 5.41) is 27.5. The topological polar surface area (TPSA) is 69.9 Å². The molecule has 0 saturated carbocycles. The van der Waals surface area contributed by atoms with Crippen LogP contribution in [0.2, 0.25) is 0 Å². The van der Waals surface area contributed by atoms with E-state index in [2.05, 4.69) is 0 Å². The van der Waals surface area contributed by atoms with Gasteiger partial charge < -0.3 is 20.1 Å². The quantitative estimate of drug-likeness (QED) is 0.506. The summed E-state index contributed by atoms with van der Waals surface area (Å²) in [6.07, 6.45) is -0.793. The van der Waals surface area contributed by atoms with Crippen molar-refractivity contribution in [1.82, 2.24) is 0 Å². The Morgan fingerprint density at radius 3 is 2.08 bits per heavy atom. The molecule has 0 amide bonds. The summed E-state index contributed by atoms with van der Waals surface area (Å²) in [7, 11) is 0. The molecule has 80 valence electrons. The number of hydrogen-bond donors (Lipinski definition) is 3. The highest BCUT2D eigenvalue weighted by Gasteiger charge is 2.14. The molecule has 0 aliphatic rings. The molecule has 0 heterocycles. The predicted octanol–water partition coefficient (Wildman–Crippen LogP) is 0.253. The lowest BCUT2D eigenvalue weighted by Gasteiger charge is -2.16. The highest BCUT2D eigenvalue weighted by atomic mass is 16.6. The van der Waals surface area contributed by atoms with Crippen LogP contribution in [0, 0.1) is 0 Å². The zero-order valence-corrected chi connectivity index (χ0v) is 8.31. The Labute approximate surface area is 79.2 Å². The second kappa shape index (κ2) is 7.26. The van der Waals surface area contributed by atoms with Crippen molar-refractivity contribution >= 4 is 0 Å². The van der Waals surface area contributed by atoms with Gasteiger partial charge in [-0.2, -0.15) is 0 Å². The molecule has 3 atom stereocenters. The van der Waals surface area contributed by atoms with Crippen molar-refractivity contribution in [3.05, 3.63) is 0 Å². The third-order valence-electron chi connectivity index (χ3n) is 1.94. The molecule has 0 aliphatic carbocycles. The van der Waals surface area contributed by atoms with E-state index < -0.39 is 18.5 Å². The van der Waals surface area contributed by atoms with Crippen molar-refractivity contribution in [3.63, 3.8) is 0 Å². The van der Waals surface area contributed by atoms with E-state index in [1.165, 1.54) is 0 Å². The highest BCUT2D eigenvalue weighted by molar-refractivity contribution is 4.64. The summed E-state index contributed by atoms with van der Waals surface area (Å²) in [5.41, 5.74) is 0. The lowest BCUT2D eigenvalue weighted by Crippen LogP contribution is -2.27. The zero-order chi connectivity index (χ0) is 10.3. The van der Waals surface area contributed by atoms with Gasteiger partial charge in [-0.1, -0.05) is 13.8 Å². The fourth-order valence-corrected chi connectivity index (χ4v) is 0.907. The zero-order valence-electron chi connectivity index (χ0n) is 8.31. The first-order valence-corrected chi connectivity index (χ1v) is 4.77. The van der Waals surface area contributed by atoms with Crippen LogP contribution in [0.25, 0.3) is 0 Å². The van der Waals surface area contributed by atoms with Crippen LogP contribution in [0.1, 0.15) is 33.1 Å². The maximum Gasteiger partial charge on any atom is 0.154 e.